The van der Waals surface area contributed by atoms with Gasteiger partial charge in [-0.25, -0.2) is 4.39 Å². The first-order valence-corrected chi connectivity index (χ1v) is 15.1. The van der Waals surface area contributed by atoms with Crippen molar-refractivity contribution in [1.29, 1.82) is 0 Å². The Kier molecular flexibility index (Phi) is 11.4. The first-order valence-electron chi connectivity index (χ1n) is 15.1. The normalized spacial score (nSPS) is 16.1. The van der Waals surface area contributed by atoms with Crippen LogP contribution in [0.25, 0.3) is 0 Å². The van der Waals surface area contributed by atoms with Crippen LogP contribution in [0, 0.1) is 11.7 Å². The highest BCUT2D eigenvalue weighted by Gasteiger charge is 2.29. The highest BCUT2D eigenvalue weighted by Crippen LogP contribution is 2.23. The Bertz CT molecular complexity index is 1350. The molecule has 8 nitrogen and oxygen atoms in total. The average molecular weight is 589 g/mol. The molecule has 0 bridgehead atoms. The van der Waals surface area contributed by atoms with Gasteiger partial charge < -0.3 is 15.0 Å². The van der Waals surface area contributed by atoms with Gasteiger partial charge in [0.05, 0.1) is 12.7 Å². The number of likely N-dealkylation sites (tertiary alicyclic amines) is 2. The van der Waals surface area contributed by atoms with E-state index in [1.165, 1.54) is 36.0 Å². The first kappa shape index (κ1) is 31.8. The fourth-order valence-electron chi connectivity index (χ4n) is 5.52. The number of amides is 2. The van der Waals surface area contributed by atoms with Gasteiger partial charge in [0.1, 0.15) is 17.3 Å². The summed E-state index contributed by atoms with van der Waals surface area (Å²) in [5.41, 5.74) is 2.42. The summed E-state index contributed by atoms with van der Waals surface area (Å²) < 4.78 is 18.4. The van der Waals surface area contributed by atoms with Crippen molar-refractivity contribution in [2.75, 3.05) is 33.3 Å². The van der Waals surface area contributed by atoms with Crippen LogP contribution < -0.4 is 10.1 Å². The summed E-state index contributed by atoms with van der Waals surface area (Å²) in [7, 11) is 1.66. The lowest BCUT2D eigenvalue weighted by Crippen LogP contribution is -2.44. The lowest BCUT2D eigenvalue weighted by atomic mass is 9.88. The van der Waals surface area contributed by atoms with Gasteiger partial charge in [-0.3, -0.25) is 24.3 Å². The zero-order valence-corrected chi connectivity index (χ0v) is 25.2. The maximum absolute atomic E-state index is 13.2. The van der Waals surface area contributed by atoms with Crippen molar-refractivity contribution in [3.8, 4) is 5.75 Å². The molecular weight excluding hydrogens is 547 g/mol. The fraction of sp³-hybridized carbons (Fsp3) is 0.412. The topological polar surface area (TPSA) is 91.8 Å². The number of rotatable bonds is 8. The molecule has 43 heavy (non-hydrogen) atoms. The third-order valence-electron chi connectivity index (χ3n) is 8.01. The minimum absolute atomic E-state index is 0.0166. The van der Waals surface area contributed by atoms with Gasteiger partial charge in [0, 0.05) is 56.4 Å². The SMILES string of the molecule is CC.COc1ccc(CN2CCC(NC(=O)c3ccc(C(=O)N4CCC(C(=O)c5ccc(F)cc5)CC4)cn3)CC2)cc1. The maximum atomic E-state index is 13.2. The minimum atomic E-state index is -0.374. The standard InChI is InChI=1S/C32H35FN4O4.C2H6/c1-41-28-9-2-22(3-10-28)21-36-16-14-27(15-17-36)35-31(39)29-11-6-25(20-34-29)32(40)37-18-12-24(13-19-37)30(38)23-4-7-26(33)8-5-23;1-2/h2-11,20,24,27H,12-19,21H2,1H3,(H,35,39);1-2H3. The summed E-state index contributed by atoms with van der Waals surface area (Å²) in [6.45, 7) is 7.56. The van der Waals surface area contributed by atoms with Crippen LogP contribution in [-0.4, -0.2) is 71.7 Å². The summed E-state index contributed by atoms with van der Waals surface area (Å²) in [5.74, 6) is -0.140. The van der Waals surface area contributed by atoms with Crippen molar-refractivity contribution in [2.45, 2.75) is 52.1 Å². The van der Waals surface area contributed by atoms with Crippen LogP contribution in [0.2, 0.25) is 0 Å². The molecule has 0 spiro atoms. The summed E-state index contributed by atoms with van der Waals surface area (Å²) >= 11 is 0. The Hall–Kier alpha value is -4.11. The average Bonchev–Trinajstić information content (AvgIpc) is 3.07. The monoisotopic (exact) mass is 588 g/mol. The van der Waals surface area contributed by atoms with E-state index in [2.05, 4.69) is 27.3 Å². The van der Waals surface area contributed by atoms with Gasteiger partial charge in [-0.1, -0.05) is 26.0 Å². The summed E-state index contributed by atoms with van der Waals surface area (Å²) in [6.07, 6.45) is 4.27. The van der Waals surface area contributed by atoms with Crippen molar-refractivity contribution in [1.82, 2.24) is 20.1 Å². The van der Waals surface area contributed by atoms with E-state index in [1.807, 2.05) is 26.0 Å². The molecule has 5 rings (SSSR count). The number of ketones is 1. The molecule has 0 atom stereocenters. The molecule has 2 aliphatic heterocycles. The van der Waals surface area contributed by atoms with E-state index in [9.17, 15) is 18.8 Å². The van der Waals surface area contributed by atoms with E-state index < -0.39 is 0 Å². The second-order valence-electron chi connectivity index (χ2n) is 10.7. The first-order chi connectivity index (χ1) is 20.9. The molecule has 2 aliphatic rings. The Morgan fingerprint density at radius 3 is 2.07 bits per heavy atom. The van der Waals surface area contributed by atoms with E-state index in [0.717, 1.165) is 38.2 Å². The van der Waals surface area contributed by atoms with Crippen molar-refractivity contribution in [3.05, 3.63) is 95.1 Å². The van der Waals surface area contributed by atoms with Crippen molar-refractivity contribution >= 4 is 17.6 Å². The van der Waals surface area contributed by atoms with Gasteiger partial charge in [0.2, 0.25) is 0 Å². The molecular formula is C34H41FN4O4. The molecule has 2 saturated heterocycles. The molecule has 1 N–H and O–H groups in total. The van der Waals surface area contributed by atoms with Crippen molar-refractivity contribution in [2.24, 2.45) is 5.92 Å². The molecule has 1 aromatic heterocycles. The van der Waals surface area contributed by atoms with Gasteiger partial charge in [0.15, 0.2) is 5.78 Å². The van der Waals surface area contributed by atoms with Crippen LogP contribution in [0.1, 0.15) is 76.3 Å². The predicted octanol–water partition coefficient (Wildman–Crippen LogP) is 5.39. The Morgan fingerprint density at radius 2 is 1.49 bits per heavy atom. The largest absolute Gasteiger partial charge is 0.497 e. The predicted molar refractivity (Wildman–Crippen MR) is 164 cm³/mol. The van der Waals surface area contributed by atoms with Gasteiger partial charge in [-0.15, -0.1) is 0 Å². The molecule has 0 saturated carbocycles. The number of carbonyl (C=O) groups excluding carboxylic acids is 3. The zero-order valence-electron chi connectivity index (χ0n) is 25.2. The molecule has 3 aromatic rings. The van der Waals surface area contributed by atoms with Gasteiger partial charge >= 0.3 is 0 Å². The van der Waals surface area contributed by atoms with Gasteiger partial charge in [-0.05, 0) is 79.8 Å². The number of hydrogen-bond donors (Lipinski definition) is 1. The minimum Gasteiger partial charge on any atom is -0.497 e. The van der Waals surface area contributed by atoms with E-state index in [4.69, 9.17) is 4.74 Å². The van der Waals surface area contributed by atoms with E-state index in [1.54, 1.807) is 24.1 Å². The number of pyridine rings is 1. The summed E-state index contributed by atoms with van der Waals surface area (Å²) in [4.78, 5) is 46.9. The van der Waals surface area contributed by atoms with Crippen LogP contribution in [-0.2, 0) is 6.54 Å². The number of benzene rings is 2. The molecule has 228 valence electrons. The number of methoxy groups -OCH3 is 1. The van der Waals surface area contributed by atoms with Gasteiger partial charge in [-0.2, -0.15) is 0 Å². The number of Topliss-reactive ketones (excluding diaryl/α,β-unsaturated/α-hetero) is 1. The molecule has 0 radical (unpaired) electrons. The van der Waals surface area contributed by atoms with Crippen LogP contribution in [0.15, 0.2) is 66.9 Å². The number of ether oxygens (including phenoxy) is 1. The van der Waals surface area contributed by atoms with E-state index in [0.29, 0.717) is 37.1 Å². The molecule has 3 heterocycles. The third-order valence-corrected chi connectivity index (χ3v) is 8.01. The number of aromatic nitrogens is 1. The smallest absolute Gasteiger partial charge is 0.270 e. The number of nitrogens with one attached hydrogen (secondary N) is 1. The van der Waals surface area contributed by atoms with Gasteiger partial charge in [0.25, 0.3) is 11.8 Å². The maximum Gasteiger partial charge on any atom is 0.270 e. The summed E-state index contributed by atoms with van der Waals surface area (Å²) in [6, 6.07) is 17.0. The highest BCUT2D eigenvalue weighted by molar-refractivity contribution is 5.99. The Morgan fingerprint density at radius 1 is 0.860 bits per heavy atom. The van der Waals surface area contributed by atoms with Crippen LogP contribution >= 0.6 is 0 Å². The number of nitrogens with zero attached hydrogens (tertiary/aromatic N) is 3. The second kappa shape index (κ2) is 15.4. The van der Waals surface area contributed by atoms with E-state index >= 15 is 0 Å². The zero-order chi connectivity index (χ0) is 30.8. The quantitative estimate of drug-likeness (QED) is 0.355. The molecule has 2 aromatic carbocycles. The second-order valence-corrected chi connectivity index (χ2v) is 10.7. The lowest BCUT2D eigenvalue weighted by Gasteiger charge is -2.32. The van der Waals surface area contributed by atoms with Crippen molar-refractivity contribution in [3.63, 3.8) is 0 Å². The van der Waals surface area contributed by atoms with Crippen LogP contribution in [0.5, 0.6) is 5.75 Å². The molecule has 2 amide bonds. The number of piperidine rings is 2. The highest BCUT2D eigenvalue weighted by atomic mass is 19.1. The van der Waals surface area contributed by atoms with Crippen molar-refractivity contribution < 1.29 is 23.5 Å². The Balaban J connectivity index is 0.00000207. The molecule has 9 heteroatoms. The van der Waals surface area contributed by atoms with Crippen LogP contribution in [0.4, 0.5) is 4.39 Å². The van der Waals surface area contributed by atoms with Crippen LogP contribution in [0.3, 0.4) is 0 Å². The Labute approximate surface area is 253 Å². The number of halogens is 1. The fourth-order valence-corrected chi connectivity index (χ4v) is 5.52. The molecule has 0 aliphatic carbocycles. The molecule has 2 fully saturated rings. The van der Waals surface area contributed by atoms with E-state index in [-0.39, 0.29) is 41.1 Å². The lowest BCUT2D eigenvalue weighted by molar-refractivity contribution is 0.0649. The number of hydrogen-bond acceptors (Lipinski definition) is 6. The number of carbonyl (C=O) groups is 3. The molecule has 0 unspecified atom stereocenters. The summed E-state index contributed by atoms with van der Waals surface area (Å²) in [5, 5.41) is 3.09. The third kappa shape index (κ3) is 8.47.